The molecule has 4 heteroatoms. The number of carbonyl (C=O) groups is 1. The van der Waals surface area contributed by atoms with E-state index in [-0.39, 0.29) is 17.1 Å². The van der Waals surface area contributed by atoms with Gasteiger partial charge in [0.1, 0.15) is 5.82 Å². The van der Waals surface area contributed by atoms with E-state index in [1.54, 1.807) is 0 Å². The number of fused-ring (bicyclic) bond motifs is 1. The molecule has 1 aromatic carbocycles. The number of benzene rings is 1. The summed E-state index contributed by atoms with van der Waals surface area (Å²) in [6.07, 6.45) is 3.92. The number of nitrogens with one attached hydrogen (secondary N) is 1. The van der Waals surface area contributed by atoms with Crippen LogP contribution in [0.1, 0.15) is 45.1 Å². The standard InChI is InChI=1S/C18H23FN2O/c1-18(2,3)17(22)21-8-6-12(7-9-21)15-11-20-16-10-13(19)4-5-14(15)16/h4-5,10-12,20H,6-9H2,1-3H3. The Balaban J connectivity index is 1.74. The zero-order chi connectivity index (χ0) is 15.9. The molecule has 118 valence electrons. The Kier molecular flexibility index (Phi) is 3.71. The number of nitrogens with zero attached hydrogens (tertiary/aromatic N) is 1. The van der Waals surface area contributed by atoms with Crippen LogP contribution in [0.15, 0.2) is 24.4 Å². The van der Waals surface area contributed by atoms with Gasteiger partial charge in [0.25, 0.3) is 0 Å². The van der Waals surface area contributed by atoms with Gasteiger partial charge in [0.2, 0.25) is 5.91 Å². The van der Waals surface area contributed by atoms with Gasteiger partial charge in [-0.15, -0.1) is 0 Å². The average molecular weight is 302 g/mol. The fourth-order valence-electron chi connectivity index (χ4n) is 3.33. The number of hydrogen-bond donors (Lipinski definition) is 1. The van der Waals surface area contributed by atoms with Crippen molar-refractivity contribution in [2.45, 2.75) is 39.5 Å². The number of aromatic nitrogens is 1. The predicted molar refractivity (Wildman–Crippen MR) is 86.3 cm³/mol. The van der Waals surface area contributed by atoms with Gasteiger partial charge in [0, 0.05) is 35.6 Å². The first kappa shape index (κ1) is 15.1. The zero-order valence-electron chi connectivity index (χ0n) is 13.4. The minimum Gasteiger partial charge on any atom is -0.361 e. The molecule has 1 fully saturated rings. The van der Waals surface area contributed by atoms with E-state index in [4.69, 9.17) is 0 Å². The number of H-pyrrole nitrogens is 1. The first-order chi connectivity index (χ1) is 10.4. The van der Waals surface area contributed by atoms with Crippen molar-refractivity contribution < 1.29 is 9.18 Å². The second kappa shape index (κ2) is 5.41. The maximum Gasteiger partial charge on any atom is 0.227 e. The molecule has 1 aromatic heterocycles. The third-order valence-corrected chi connectivity index (χ3v) is 4.54. The largest absolute Gasteiger partial charge is 0.361 e. The number of amides is 1. The highest BCUT2D eigenvalue weighted by Crippen LogP contribution is 2.34. The number of aromatic amines is 1. The Labute approximate surface area is 130 Å². The van der Waals surface area contributed by atoms with Crippen LogP contribution in [-0.2, 0) is 4.79 Å². The SMILES string of the molecule is CC(C)(C)C(=O)N1CCC(c2c[nH]c3cc(F)ccc23)CC1. The normalized spacial score (nSPS) is 17.2. The Morgan fingerprint density at radius 1 is 1.27 bits per heavy atom. The molecule has 3 rings (SSSR count). The van der Waals surface area contributed by atoms with E-state index in [1.807, 2.05) is 37.9 Å². The number of rotatable bonds is 1. The van der Waals surface area contributed by atoms with Crippen molar-refractivity contribution in [3.63, 3.8) is 0 Å². The Bertz CT molecular complexity index is 691. The number of hydrogen-bond acceptors (Lipinski definition) is 1. The van der Waals surface area contributed by atoms with E-state index >= 15 is 0 Å². The number of piperidine rings is 1. The van der Waals surface area contributed by atoms with Crippen LogP contribution in [0.3, 0.4) is 0 Å². The number of halogens is 1. The van der Waals surface area contributed by atoms with Crippen molar-refractivity contribution in [3.05, 3.63) is 35.8 Å². The lowest BCUT2D eigenvalue weighted by atomic mass is 9.87. The lowest BCUT2D eigenvalue weighted by molar-refractivity contribution is -0.140. The molecular weight excluding hydrogens is 279 g/mol. The summed E-state index contributed by atoms with van der Waals surface area (Å²) in [6.45, 7) is 7.50. The van der Waals surface area contributed by atoms with Gasteiger partial charge in [-0.3, -0.25) is 4.79 Å². The lowest BCUT2D eigenvalue weighted by Gasteiger charge is -2.35. The van der Waals surface area contributed by atoms with Crippen LogP contribution in [-0.4, -0.2) is 28.9 Å². The topological polar surface area (TPSA) is 36.1 Å². The van der Waals surface area contributed by atoms with Crippen molar-refractivity contribution in [1.82, 2.24) is 9.88 Å². The highest BCUT2D eigenvalue weighted by molar-refractivity contribution is 5.84. The zero-order valence-corrected chi connectivity index (χ0v) is 13.4. The molecule has 22 heavy (non-hydrogen) atoms. The first-order valence-electron chi connectivity index (χ1n) is 7.92. The van der Waals surface area contributed by atoms with Crippen LogP contribution in [0.2, 0.25) is 0 Å². The molecule has 2 aromatic rings. The maximum atomic E-state index is 13.3. The molecule has 0 atom stereocenters. The third-order valence-electron chi connectivity index (χ3n) is 4.54. The highest BCUT2D eigenvalue weighted by Gasteiger charge is 2.31. The van der Waals surface area contributed by atoms with Crippen LogP contribution in [0.25, 0.3) is 10.9 Å². The highest BCUT2D eigenvalue weighted by atomic mass is 19.1. The second-order valence-corrected chi connectivity index (χ2v) is 7.25. The van der Waals surface area contributed by atoms with E-state index in [9.17, 15) is 9.18 Å². The minimum atomic E-state index is -0.314. The summed E-state index contributed by atoms with van der Waals surface area (Å²) in [5.74, 6) is 0.446. The van der Waals surface area contributed by atoms with Crippen molar-refractivity contribution in [3.8, 4) is 0 Å². The molecule has 1 aliphatic rings. The van der Waals surface area contributed by atoms with Crippen molar-refractivity contribution in [2.75, 3.05) is 13.1 Å². The van der Waals surface area contributed by atoms with Gasteiger partial charge >= 0.3 is 0 Å². The molecule has 0 bridgehead atoms. The molecule has 1 saturated heterocycles. The summed E-state index contributed by atoms with van der Waals surface area (Å²) in [4.78, 5) is 17.5. The summed E-state index contributed by atoms with van der Waals surface area (Å²) >= 11 is 0. The molecule has 0 unspecified atom stereocenters. The van der Waals surface area contributed by atoms with Crippen LogP contribution < -0.4 is 0 Å². The Morgan fingerprint density at radius 3 is 2.59 bits per heavy atom. The molecule has 0 radical (unpaired) electrons. The van der Waals surface area contributed by atoms with Gasteiger partial charge in [0.05, 0.1) is 0 Å². The summed E-state index contributed by atoms with van der Waals surface area (Å²) < 4.78 is 13.3. The molecule has 3 nitrogen and oxygen atoms in total. The van der Waals surface area contributed by atoms with Crippen LogP contribution >= 0.6 is 0 Å². The van der Waals surface area contributed by atoms with Crippen molar-refractivity contribution in [1.29, 1.82) is 0 Å². The molecule has 2 heterocycles. The monoisotopic (exact) mass is 302 g/mol. The predicted octanol–water partition coefficient (Wildman–Crippen LogP) is 4.06. The molecule has 0 aliphatic carbocycles. The smallest absolute Gasteiger partial charge is 0.227 e. The van der Waals surface area contributed by atoms with Crippen molar-refractivity contribution in [2.24, 2.45) is 5.41 Å². The van der Waals surface area contributed by atoms with Crippen molar-refractivity contribution >= 4 is 16.8 Å². The number of likely N-dealkylation sites (tertiary alicyclic amines) is 1. The van der Waals surface area contributed by atoms with Crippen LogP contribution in [0, 0.1) is 11.2 Å². The van der Waals surface area contributed by atoms with Gasteiger partial charge in [-0.05, 0) is 42.5 Å². The van der Waals surface area contributed by atoms with Gasteiger partial charge in [-0.25, -0.2) is 4.39 Å². The third kappa shape index (κ3) is 2.74. The molecule has 1 aliphatic heterocycles. The summed E-state index contributed by atoms with van der Waals surface area (Å²) in [5, 5.41) is 1.10. The fourth-order valence-corrected chi connectivity index (χ4v) is 3.33. The summed E-state index contributed by atoms with van der Waals surface area (Å²) in [5.41, 5.74) is 1.78. The van der Waals surface area contributed by atoms with Gasteiger partial charge in [0.15, 0.2) is 0 Å². The van der Waals surface area contributed by atoms with Gasteiger partial charge in [-0.1, -0.05) is 20.8 Å². The quantitative estimate of drug-likeness (QED) is 0.847. The molecule has 0 spiro atoms. The van der Waals surface area contributed by atoms with E-state index in [0.29, 0.717) is 5.92 Å². The van der Waals surface area contributed by atoms with Gasteiger partial charge < -0.3 is 9.88 Å². The van der Waals surface area contributed by atoms with E-state index in [0.717, 1.165) is 36.8 Å². The van der Waals surface area contributed by atoms with E-state index in [2.05, 4.69) is 4.98 Å². The Morgan fingerprint density at radius 2 is 1.95 bits per heavy atom. The molecular formula is C18H23FN2O. The average Bonchev–Trinajstić information content (AvgIpc) is 2.88. The first-order valence-corrected chi connectivity index (χ1v) is 7.92. The fraction of sp³-hybridized carbons (Fsp3) is 0.500. The van der Waals surface area contributed by atoms with Crippen LogP contribution in [0.5, 0.6) is 0 Å². The van der Waals surface area contributed by atoms with Gasteiger partial charge in [-0.2, -0.15) is 0 Å². The molecule has 0 saturated carbocycles. The van der Waals surface area contributed by atoms with E-state index < -0.39 is 0 Å². The summed E-state index contributed by atoms with van der Waals surface area (Å²) in [7, 11) is 0. The summed E-state index contributed by atoms with van der Waals surface area (Å²) in [6, 6.07) is 4.90. The lowest BCUT2D eigenvalue weighted by Crippen LogP contribution is -2.43. The van der Waals surface area contributed by atoms with E-state index in [1.165, 1.54) is 17.7 Å². The second-order valence-electron chi connectivity index (χ2n) is 7.25. The molecule has 1 amide bonds. The van der Waals surface area contributed by atoms with Crippen LogP contribution in [0.4, 0.5) is 4.39 Å². The minimum absolute atomic E-state index is 0.216. The maximum absolute atomic E-state index is 13.3. The number of carbonyl (C=O) groups excluding carboxylic acids is 1. The molecule has 1 N–H and O–H groups in total. The Hall–Kier alpha value is -1.84.